The highest BCUT2D eigenvalue weighted by Crippen LogP contribution is 1.99. The lowest BCUT2D eigenvalue weighted by Gasteiger charge is -2.26. The summed E-state index contributed by atoms with van der Waals surface area (Å²) >= 11 is 0. The van der Waals surface area contributed by atoms with Gasteiger partial charge in [0.2, 0.25) is 11.8 Å². The zero-order valence-corrected chi connectivity index (χ0v) is 9.62. The van der Waals surface area contributed by atoms with Gasteiger partial charge in [0.05, 0.1) is 6.54 Å². The first-order valence-electron chi connectivity index (χ1n) is 5.13. The van der Waals surface area contributed by atoms with Crippen molar-refractivity contribution in [3.05, 3.63) is 0 Å². The maximum Gasteiger partial charge on any atom is 0.242 e. The molecule has 0 radical (unpaired) electrons. The quantitative estimate of drug-likeness (QED) is 0.643. The van der Waals surface area contributed by atoms with Gasteiger partial charge in [0.1, 0.15) is 0 Å². The predicted octanol–water partition coefficient (Wildman–Crippen LogP) is -0.258. The summed E-state index contributed by atoms with van der Waals surface area (Å²) in [5.41, 5.74) is 0. The Morgan fingerprint density at radius 3 is 2.40 bits per heavy atom. The molecule has 5 heteroatoms. The van der Waals surface area contributed by atoms with Crippen molar-refractivity contribution in [2.45, 2.75) is 33.2 Å². The molecular weight excluding hydrogens is 196 g/mol. The minimum absolute atomic E-state index is 0.0267. The second-order valence-corrected chi connectivity index (χ2v) is 3.67. The van der Waals surface area contributed by atoms with Crippen LogP contribution in [0.1, 0.15) is 27.2 Å². The molecule has 0 fully saturated rings. The summed E-state index contributed by atoms with van der Waals surface area (Å²) in [5.74, 6) is -0.331. The Morgan fingerprint density at radius 2 is 2.00 bits per heavy atom. The minimum atomic E-state index is -0.214. The Kier molecular flexibility index (Phi) is 6.70. The molecule has 2 N–H and O–H groups in total. The van der Waals surface area contributed by atoms with Crippen LogP contribution in [0.3, 0.4) is 0 Å². The highest BCUT2D eigenvalue weighted by atomic mass is 16.3. The van der Waals surface area contributed by atoms with Gasteiger partial charge in [-0.05, 0) is 20.3 Å². The molecule has 0 atom stereocenters. The first-order valence-corrected chi connectivity index (χ1v) is 5.13. The van der Waals surface area contributed by atoms with Gasteiger partial charge in [-0.3, -0.25) is 9.59 Å². The van der Waals surface area contributed by atoms with Crippen molar-refractivity contribution in [3.63, 3.8) is 0 Å². The molecule has 5 nitrogen and oxygen atoms in total. The van der Waals surface area contributed by atoms with Crippen molar-refractivity contribution in [2.75, 3.05) is 19.7 Å². The zero-order chi connectivity index (χ0) is 11.8. The van der Waals surface area contributed by atoms with Crippen LogP contribution in [0.5, 0.6) is 0 Å². The fourth-order valence-corrected chi connectivity index (χ4v) is 1.21. The third-order valence-corrected chi connectivity index (χ3v) is 1.99. The van der Waals surface area contributed by atoms with Crippen LogP contribution in [-0.4, -0.2) is 47.6 Å². The van der Waals surface area contributed by atoms with Gasteiger partial charge in [0, 0.05) is 26.1 Å². The monoisotopic (exact) mass is 216 g/mol. The first kappa shape index (κ1) is 13.9. The third kappa shape index (κ3) is 6.06. The van der Waals surface area contributed by atoms with Crippen LogP contribution in [0.25, 0.3) is 0 Å². The van der Waals surface area contributed by atoms with E-state index in [2.05, 4.69) is 5.32 Å². The van der Waals surface area contributed by atoms with Crippen LogP contribution < -0.4 is 5.32 Å². The molecule has 15 heavy (non-hydrogen) atoms. The molecule has 0 bridgehead atoms. The van der Waals surface area contributed by atoms with Crippen LogP contribution in [0.4, 0.5) is 0 Å². The molecule has 2 amide bonds. The van der Waals surface area contributed by atoms with E-state index in [4.69, 9.17) is 5.11 Å². The fourth-order valence-electron chi connectivity index (χ4n) is 1.21. The third-order valence-electron chi connectivity index (χ3n) is 1.99. The molecule has 0 aromatic rings. The Balaban J connectivity index is 4.10. The summed E-state index contributed by atoms with van der Waals surface area (Å²) in [5, 5.41) is 11.2. The Labute approximate surface area is 90.5 Å². The zero-order valence-electron chi connectivity index (χ0n) is 9.62. The van der Waals surface area contributed by atoms with Gasteiger partial charge in [0.15, 0.2) is 0 Å². The number of hydrogen-bond donors (Lipinski definition) is 2. The number of nitrogens with one attached hydrogen (secondary N) is 1. The van der Waals surface area contributed by atoms with Gasteiger partial charge < -0.3 is 15.3 Å². The smallest absolute Gasteiger partial charge is 0.242 e. The van der Waals surface area contributed by atoms with Crippen molar-refractivity contribution in [1.29, 1.82) is 0 Å². The first-order chi connectivity index (χ1) is 6.99. The van der Waals surface area contributed by atoms with E-state index in [0.717, 1.165) is 0 Å². The normalized spacial score (nSPS) is 10.2. The van der Waals surface area contributed by atoms with E-state index in [-0.39, 0.29) is 31.0 Å². The largest absolute Gasteiger partial charge is 0.396 e. The van der Waals surface area contributed by atoms with Gasteiger partial charge in [0.25, 0.3) is 0 Å². The van der Waals surface area contributed by atoms with Gasteiger partial charge in [-0.2, -0.15) is 0 Å². The second kappa shape index (κ2) is 7.23. The molecule has 0 aliphatic rings. The molecule has 0 heterocycles. The molecule has 0 aromatic carbocycles. The number of amides is 2. The summed E-state index contributed by atoms with van der Waals surface area (Å²) in [6, 6.07) is 0.0813. The fraction of sp³-hybridized carbons (Fsp3) is 0.800. The highest BCUT2D eigenvalue weighted by molar-refractivity contribution is 5.83. The van der Waals surface area contributed by atoms with Crippen LogP contribution in [0, 0.1) is 0 Å². The molecule has 0 saturated carbocycles. The SMILES string of the molecule is CC(=O)NCC(=O)N(CCCO)C(C)C. The van der Waals surface area contributed by atoms with Crippen molar-refractivity contribution < 1.29 is 14.7 Å². The number of carbonyl (C=O) groups excluding carboxylic acids is 2. The number of hydrogen-bond acceptors (Lipinski definition) is 3. The minimum Gasteiger partial charge on any atom is -0.396 e. The van der Waals surface area contributed by atoms with Gasteiger partial charge in [-0.15, -0.1) is 0 Å². The lowest BCUT2D eigenvalue weighted by molar-refractivity contribution is -0.134. The summed E-state index contributed by atoms with van der Waals surface area (Å²) < 4.78 is 0. The van der Waals surface area contributed by atoms with Crippen LogP contribution >= 0.6 is 0 Å². The number of aliphatic hydroxyl groups excluding tert-OH is 1. The average Bonchev–Trinajstić information content (AvgIpc) is 2.14. The molecule has 0 aromatic heterocycles. The van der Waals surface area contributed by atoms with Crippen LogP contribution in [-0.2, 0) is 9.59 Å². The van der Waals surface area contributed by atoms with Crippen LogP contribution in [0.15, 0.2) is 0 Å². The van der Waals surface area contributed by atoms with Gasteiger partial charge >= 0.3 is 0 Å². The lowest BCUT2D eigenvalue weighted by Crippen LogP contribution is -2.43. The summed E-state index contributed by atoms with van der Waals surface area (Å²) in [6.45, 7) is 5.80. The lowest BCUT2D eigenvalue weighted by atomic mass is 10.2. The Bertz CT molecular complexity index is 217. The molecule has 0 rings (SSSR count). The number of aliphatic hydroxyl groups is 1. The van der Waals surface area contributed by atoms with Crippen molar-refractivity contribution in [1.82, 2.24) is 10.2 Å². The molecule has 0 aliphatic carbocycles. The maximum atomic E-state index is 11.6. The highest BCUT2D eigenvalue weighted by Gasteiger charge is 2.15. The molecule has 0 spiro atoms. The molecule has 0 saturated heterocycles. The number of carbonyl (C=O) groups is 2. The second-order valence-electron chi connectivity index (χ2n) is 3.67. The van der Waals surface area contributed by atoms with Gasteiger partial charge in [-0.25, -0.2) is 0 Å². The van der Waals surface area contributed by atoms with Crippen molar-refractivity contribution >= 4 is 11.8 Å². The summed E-state index contributed by atoms with van der Waals surface area (Å²) in [6.07, 6.45) is 0.560. The summed E-state index contributed by atoms with van der Waals surface area (Å²) in [7, 11) is 0. The van der Waals surface area contributed by atoms with E-state index in [1.807, 2.05) is 13.8 Å². The standard InChI is InChI=1S/C10H20N2O3/c1-8(2)12(5-4-6-13)10(15)7-11-9(3)14/h8,13H,4-7H2,1-3H3,(H,11,14). The maximum absolute atomic E-state index is 11.6. The molecule has 0 unspecified atom stereocenters. The molecule has 0 aliphatic heterocycles. The molecular formula is C10H20N2O3. The van der Waals surface area contributed by atoms with Crippen LogP contribution in [0.2, 0.25) is 0 Å². The van der Waals surface area contributed by atoms with E-state index in [1.165, 1.54) is 6.92 Å². The van der Waals surface area contributed by atoms with E-state index in [0.29, 0.717) is 13.0 Å². The Morgan fingerprint density at radius 1 is 1.40 bits per heavy atom. The van der Waals surface area contributed by atoms with E-state index in [9.17, 15) is 9.59 Å². The van der Waals surface area contributed by atoms with Crippen molar-refractivity contribution in [3.8, 4) is 0 Å². The van der Waals surface area contributed by atoms with Crippen molar-refractivity contribution in [2.24, 2.45) is 0 Å². The van der Waals surface area contributed by atoms with Gasteiger partial charge in [-0.1, -0.05) is 0 Å². The topological polar surface area (TPSA) is 69.6 Å². The van der Waals surface area contributed by atoms with E-state index < -0.39 is 0 Å². The number of nitrogens with zero attached hydrogens (tertiary/aromatic N) is 1. The average molecular weight is 216 g/mol. The predicted molar refractivity (Wildman–Crippen MR) is 57.2 cm³/mol. The number of rotatable bonds is 6. The van der Waals surface area contributed by atoms with E-state index in [1.54, 1.807) is 4.90 Å². The Hall–Kier alpha value is -1.10. The summed E-state index contributed by atoms with van der Waals surface area (Å²) in [4.78, 5) is 23.9. The molecule has 88 valence electrons. The van der Waals surface area contributed by atoms with E-state index >= 15 is 0 Å².